The minimum Gasteiger partial charge on any atom is -0.298 e. The van der Waals surface area contributed by atoms with Crippen molar-refractivity contribution in [2.45, 2.75) is 51.5 Å². The molecule has 88 valence electrons. The van der Waals surface area contributed by atoms with Gasteiger partial charge in [-0.1, -0.05) is 13.3 Å². The molecule has 16 heavy (non-hydrogen) atoms. The Morgan fingerprint density at radius 1 is 1.31 bits per heavy atom. The monoisotopic (exact) mass is 239 g/mol. The van der Waals surface area contributed by atoms with Crippen molar-refractivity contribution < 1.29 is 0 Å². The SMILES string of the molecule is CCCc1nnc(Cl)n1C1CC2CCC1C2. The van der Waals surface area contributed by atoms with Crippen LogP contribution >= 0.6 is 11.6 Å². The van der Waals surface area contributed by atoms with E-state index in [0.29, 0.717) is 11.3 Å². The molecule has 2 bridgehead atoms. The highest BCUT2D eigenvalue weighted by Crippen LogP contribution is 2.51. The first-order chi connectivity index (χ1) is 7.79. The second kappa shape index (κ2) is 4.02. The molecule has 2 saturated carbocycles. The molecule has 1 aromatic rings. The van der Waals surface area contributed by atoms with Crippen molar-refractivity contribution in [3.63, 3.8) is 0 Å². The summed E-state index contributed by atoms with van der Waals surface area (Å²) in [5, 5.41) is 8.85. The molecule has 0 radical (unpaired) electrons. The van der Waals surface area contributed by atoms with Crippen molar-refractivity contribution in [2.75, 3.05) is 0 Å². The van der Waals surface area contributed by atoms with Gasteiger partial charge in [-0.2, -0.15) is 0 Å². The van der Waals surface area contributed by atoms with Crippen LogP contribution in [-0.2, 0) is 6.42 Å². The third kappa shape index (κ3) is 1.56. The van der Waals surface area contributed by atoms with Crippen LogP contribution in [0.4, 0.5) is 0 Å². The highest BCUT2D eigenvalue weighted by atomic mass is 35.5. The van der Waals surface area contributed by atoms with Gasteiger partial charge in [0.05, 0.1) is 0 Å². The molecule has 3 atom stereocenters. The van der Waals surface area contributed by atoms with Crippen LogP contribution in [0.2, 0.25) is 5.28 Å². The molecule has 1 aromatic heterocycles. The highest BCUT2D eigenvalue weighted by molar-refractivity contribution is 6.28. The summed E-state index contributed by atoms with van der Waals surface area (Å²) >= 11 is 6.19. The first-order valence-electron chi connectivity index (χ1n) is 6.39. The minimum absolute atomic E-state index is 0.586. The first kappa shape index (κ1) is 10.6. The molecule has 0 N–H and O–H groups in total. The second-order valence-electron chi connectivity index (χ2n) is 5.25. The lowest BCUT2D eigenvalue weighted by molar-refractivity contribution is 0.322. The molecule has 0 aromatic carbocycles. The molecule has 1 heterocycles. The Morgan fingerprint density at radius 3 is 2.81 bits per heavy atom. The zero-order valence-electron chi connectivity index (χ0n) is 9.69. The van der Waals surface area contributed by atoms with Crippen LogP contribution < -0.4 is 0 Å². The number of nitrogens with zero attached hydrogens (tertiary/aromatic N) is 3. The molecule has 2 fully saturated rings. The Morgan fingerprint density at radius 2 is 2.19 bits per heavy atom. The van der Waals surface area contributed by atoms with E-state index in [0.717, 1.165) is 30.5 Å². The topological polar surface area (TPSA) is 30.7 Å². The largest absolute Gasteiger partial charge is 0.298 e. The van der Waals surface area contributed by atoms with Gasteiger partial charge in [0.25, 0.3) is 0 Å². The number of rotatable bonds is 3. The van der Waals surface area contributed by atoms with E-state index in [9.17, 15) is 0 Å². The number of fused-ring (bicyclic) bond motifs is 2. The molecule has 0 spiro atoms. The maximum atomic E-state index is 6.19. The van der Waals surface area contributed by atoms with Gasteiger partial charge < -0.3 is 0 Å². The summed E-state index contributed by atoms with van der Waals surface area (Å²) in [4.78, 5) is 0. The van der Waals surface area contributed by atoms with Crippen LogP contribution in [0.15, 0.2) is 0 Å². The molecule has 2 aliphatic rings. The number of hydrogen-bond donors (Lipinski definition) is 0. The fraction of sp³-hybridized carbons (Fsp3) is 0.833. The fourth-order valence-corrected chi connectivity index (χ4v) is 3.81. The molecule has 3 nitrogen and oxygen atoms in total. The maximum absolute atomic E-state index is 6.19. The Bertz CT molecular complexity index is 388. The Balaban J connectivity index is 1.90. The third-order valence-corrected chi connectivity index (χ3v) is 4.49. The standard InChI is InChI=1S/C12H18ClN3/c1-2-3-11-14-15-12(13)16(11)10-7-8-4-5-9(10)6-8/h8-10H,2-7H2,1H3. The van der Waals surface area contributed by atoms with E-state index in [-0.39, 0.29) is 0 Å². The molecule has 3 rings (SSSR count). The van der Waals surface area contributed by atoms with Crippen molar-refractivity contribution in [1.82, 2.24) is 14.8 Å². The summed E-state index contributed by atoms with van der Waals surface area (Å²) in [6, 6.07) is 0.586. The third-order valence-electron chi connectivity index (χ3n) is 4.23. The van der Waals surface area contributed by atoms with Crippen LogP contribution in [0.1, 0.15) is 50.9 Å². The van der Waals surface area contributed by atoms with Gasteiger partial charge in [0, 0.05) is 12.5 Å². The predicted octanol–water partition coefficient (Wildman–Crippen LogP) is 3.25. The Hall–Kier alpha value is -0.570. The normalized spacial score (nSPS) is 32.5. The van der Waals surface area contributed by atoms with Gasteiger partial charge in [0.2, 0.25) is 5.28 Å². The van der Waals surface area contributed by atoms with Crippen LogP contribution in [-0.4, -0.2) is 14.8 Å². The molecular weight excluding hydrogens is 222 g/mol. The predicted molar refractivity (Wildman–Crippen MR) is 63.5 cm³/mol. The summed E-state index contributed by atoms with van der Waals surface area (Å²) in [6.45, 7) is 2.17. The fourth-order valence-electron chi connectivity index (χ4n) is 3.55. The minimum atomic E-state index is 0.586. The second-order valence-corrected chi connectivity index (χ2v) is 5.59. The number of halogens is 1. The van der Waals surface area contributed by atoms with Crippen LogP contribution in [0, 0.1) is 11.8 Å². The van der Waals surface area contributed by atoms with Crippen LogP contribution in [0.25, 0.3) is 0 Å². The lowest BCUT2D eigenvalue weighted by Gasteiger charge is -2.24. The van der Waals surface area contributed by atoms with E-state index in [2.05, 4.69) is 21.7 Å². The molecule has 4 heteroatoms. The molecule has 2 aliphatic carbocycles. The summed E-state index contributed by atoms with van der Waals surface area (Å²) in [5.74, 6) is 2.85. The lowest BCUT2D eigenvalue weighted by atomic mass is 9.95. The van der Waals surface area contributed by atoms with Crippen LogP contribution in [0.3, 0.4) is 0 Å². The van der Waals surface area contributed by atoms with Crippen LogP contribution in [0.5, 0.6) is 0 Å². The van der Waals surface area contributed by atoms with Crippen molar-refractivity contribution in [3.05, 3.63) is 11.1 Å². The van der Waals surface area contributed by atoms with Crippen molar-refractivity contribution >= 4 is 11.6 Å². The summed E-state index contributed by atoms with van der Waals surface area (Å²) in [6.07, 6.45) is 7.58. The van der Waals surface area contributed by atoms with Crippen molar-refractivity contribution in [3.8, 4) is 0 Å². The summed E-state index contributed by atoms with van der Waals surface area (Å²) < 4.78 is 2.22. The smallest absolute Gasteiger partial charge is 0.225 e. The number of aryl methyl sites for hydroxylation is 1. The average molecular weight is 240 g/mol. The quantitative estimate of drug-likeness (QED) is 0.811. The zero-order valence-corrected chi connectivity index (χ0v) is 10.5. The molecule has 0 aliphatic heterocycles. The van der Waals surface area contributed by atoms with Crippen molar-refractivity contribution in [1.29, 1.82) is 0 Å². The van der Waals surface area contributed by atoms with E-state index >= 15 is 0 Å². The van der Waals surface area contributed by atoms with Gasteiger partial charge in [-0.05, 0) is 49.1 Å². The zero-order chi connectivity index (χ0) is 11.1. The first-order valence-corrected chi connectivity index (χ1v) is 6.76. The lowest BCUT2D eigenvalue weighted by Crippen LogP contribution is -2.18. The van der Waals surface area contributed by atoms with E-state index in [4.69, 9.17) is 11.6 Å². The number of hydrogen-bond acceptors (Lipinski definition) is 2. The van der Waals surface area contributed by atoms with Gasteiger partial charge in [-0.15, -0.1) is 10.2 Å². The average Bonchev–Trinajstić information content (AvgIpc) is 2.94. The van der Waals surface area contributed by atoms with Gasteiger partial charge in [0.1, 0.15) is 5.82 Å². The summed E-state index contributed by atoms with van der Waals surface area (Å²) in [5.41, 5.74) is 0. The molecule has 0 saturated heterocycles. The van der Waals surface area contributed by atoms with Gasteiger partial charge in [-0.25, -0.2) is 0 Å². The van der Waals surface area contributed by atoms with Gasteiger partial charge in [0.15, 0.2) is 0 Å². The highest BCUT2D eigenvalue weighted by Gasteiger charge is 2.41. The Labute approximate surface area is 101 Å². The molecular formula is C12H18ClN3. The number of aromatic nitrogens is 3. The van der Waals surface area contributed by atoms with Gasteiger partial charge >= 0.3 is 0 Å². The molecule has 0 amide bonds. The van der Waals surface area contributed by atoms with Gasteiger partial charge in [-0.3, -0.25) is 4.57 Å². The van der Waals surface area contributed by atoms with E-state index in [1.165, 1.54) is 25.7 Å². The van der Waals surface area contributed by atoms with E-state index < -0.39 is 0 Å². The van der Waals surface area contributed by atoms with Crippen molar-refractivity contribution in [2.24, 2.45) is 11.8 Å². The Kier molecular flexibility index (Phi) is 2.66. The maximum Gasteiger partial charge on any atom is 0.225 e. The molecule has 3 unspecified atom stereocenters. The summed E-state index contributed by atoms with van der Waals surface area (Å²) in [7, 11) is 0. The van der Waals surface area contributed by atoms with E-state index in [1.807, 2.05) is 0 Å². The van der Waals surface area contributed by atoms with E-state index in [1.54, 1.807) is 0 Å².